The first-order valence-electron chi connectivity index (χ1n) is 7.98. The fourth-order valence-corrected chi connectivity index (χ4v) is 3.52. The molecule has 2 aromatic rings. The van der Waals surface area contributed by atoms with Gasteiger partial charge in [-0.2, -0.15) is 0 Å². The number of hydrogen-bond acceptors (Lipinski definition) is 7. The van der Waals surface area contributed by atoms with Crippen molar-refractivity contribution in [2.24, 2.45) is 0 Å². The van der Waals surface area contributed by atoms with Gasteiger partial charge in [-0.3, -0.25) is 4.79 Å². The van der Waals surface area contributed by atoms with Gasteiger partial charge in [0.1, 0.15) is 16.6 Å². The minimum Gasteiger partial charge on any atom is -0.331 e. The summed E-state index contributed by atoms with van der Waals surface area (Å²) in [5, 5.41) is 13.1. The maximum atomic E-state index is 12.0. The molecule has 1 amide bonds. The summed E-state index contributed by atoms with van der Waals surface area (Å²) in [6, 6.07) is 1.86. The standard InChI is InChI=1S/C16H20N6OS/c1-4-14-20-21-16(24-14)19-13-9-11(17-10(3)18-13)12-7-6-8-22(12)15(23)5-2/h5,9,12H,2,4,6-8H2,1,3H3,(H,17,18,19,21)/t12-/m1/s1. The van der Waals surface area contributed by atoms with Crippen LogP contribution in [0.1, 0.15) is 42.3 Å². The largest absolute Gasteiger partial charge is 0.331 e. The van der Waals surface area contributed by atoms with Gasteiger partial charge in [0, 0.05) is 12.6 Å². The molecule has 1 saturated heterocycles. The van der Waals surface area contributed by atoms with E-state index < -0.39 is 0 Å². The molecule has 1 aliphatic rings. The van der Waals surface area contributed by atoms with Gasteiger partial charge in [0.25, 0.3) is 0 Å². The molecular formula is C16H20N6OS. The minimum absolute atomic E-state index is 0.0293. The van der Waals surface area contributed by atoms with Crippen molar-refractivity contribution < 1.29 is 4.79 Å². The Kier molecular flexibility index (Phi) is 4.84. The van der Waals surface area contributed by atoms with Crippen LogP contribution in [0, 0.1) is 6.92 Å². The summed E-state index contributed by atoms with van der Waals surface area (Å²) >= 11 is 1.51. The van der Waals surface area contributed by atoms with Gasteiger partial charge in [-0.05, 0) is 32.3 Å². The summed E-state index contributed by atoms with van der Waals surface area (Å²) in [4.78, 5) is 22.8. The van der Waals surface area contributed by atoms with E-state index in [9.17, 15) is 4.79 Å². The third-order valence-electron chi connectivity index (χ3n) is 3.91. The van der Waals surface area contributed by atoms with E-state index in [4.69, 9.17) is 0 Å². The van der Waals surface area contributed by atoms with Crippen molar-refractivity contribution >= 4 is 28.2 Å². The first kappa shape index (κ1) is 16.5. The number of aromatic nitrogens is 4. The van der Waals surface area contributed by atoms with Crippen LogP contribution in [-0.2, 0) is 11.2 Å². The molecule has 1 N–H and O–H groups in total. The van der Waals surface area contributed by atoms with Crippen molar-refractivity contribution in [3.63, 3.8) is 0 Å². The zero-order valence-electron chi connectivity index (χ0n) is 13.8. The van der Waals surface area contributed by atoms with E-state index >= 15 is 0 Å². The molecule has 0 saturated carbocycles. The van der Waals surface area contributed by atoms with Gasteiger partial charge in [-0.25, -0.2) is 9.97 Å². The first-order valence-corrected chi connectivity index (χ1v) is 8.80. The van der Waals surface area contributed by atoms with Crippen molar-refractivity contribution in [1.82, 2.24) is 25.1 Å². The quantitative estimate of drug-likeness (QED) is 0.840. The highest BCUT2D eigenvalue weighted by molar-refractivity contribution is 7.15. The lowest BCUT2D eigenvalue weighted by molar-refractivity contribution is -0.126. The van der Waals surface area contributed by atoms with Crippen molar-refractivity contribution in [3.05, 3.63) is 35.2 Å². The molecule has 1 aliphatic heterocycles. The number of carbonyl (C=O) groups is 1. The molecule has 0 aliphatic carbocycles. The second kappa shape index (κ2) is 7.04. The van der Waals surface area contributed by atoms with E-state index in [-0.39, 0.29) is 11.9 Å². The first-order chi connectivity index (χ1) is 11.6. The molecule has 1 fully saturated rings. The van der Waals surface area contributed by atoms with E-state index in [0.717, 1.165) is 36.5 Å². The Morgan fingerprint density at radius 3 is 3.04 bits per heavy atom. The van der Waals surface area contributed by atoms with Crippen molar-refractivity contribution in [2.45, 2.75) is 39.2 Å². The van der Waals surface area contributed by atoms with E-state index in [2.05, 4.69) is 32.1 Å². The Hall–Kier alpha value is -2.35. The molecule has 8 heteroatoms. The number of aryl methyl sites for hydroxylation is 2. The van der Waals surface area contributed by atoms with Crippen LogP contribution < -0.4 is 5.32 Å². The summed E-state index contributed by atoms with van der Waals surface area (Å²) in [6.45, 7) is 8.21. The van der Waals surface area contributed by atoms with Crippen LogP contribution in [0.5, 0.6) is 0 Å². The van der Waals surface area contributed by atoms with Crippen LogP contribution in [0.2, 0.25) is 0 Å². The van der Waals surface area contributed by atoms with Crippen molar-refractivity contribution in [2.75, 3.05) is 11.9 Å². The molecular weight excluding hydrogens is 324 g/mol. The molecule has 3 heterocycles. The van der Waals surface area contributed by atoms with Crippen LogP contribution in [0.25, 0.3) is 0 Å². The second-order valence-corrected chi connectivity index (χ2v) is 6.66. The maximum Gasteiger partial charge on any atom is 0.246 e. The number of hydrogen-bond donors (Lipinski definition) is 1. The lowest BCUT2D eigenvalue weighted by Crippen LogP contribution is -2.29. The fourth-order valence-electron chi connectivity index (χ4n) is 2.84. The van der Waals surface area contributed by atoms with Crippen molar-refractivity contribution in [3.8, 4) is 0 Å². The molecule has 0 unspecified atom stereocenters. The van der Waals surface area contributed by atoms with E-state index in [1.165, 1.54) is 17.4 Å². The topological polar surface area (TPSA) is 83.9 Å². The Morgan fingerprint density at radius 1 is 1.50 bits per heavy atom. The Bertz CT molecular complexity index is 759. The van der Waals surface area contributed by atoms with Crippen LogP contribution in [0.15, 0.2) is 18.7 Å². The Labute approximate surface area is 144 Å². The highest BCUT2D eigenvalue weighted by atomic mass is 32.1. The van der Waals surface area contributed by atoms with Gasteiger partial charge in [0.2, 0.25) is 11.0 Å². The van der Waals surface area contributed by atoms with Crippen LogP contribution in [-0.4, -0.2) is 37.5 Å². The number of nitrogens with one attached hydrogen (secondary N) is 1. The number of amides is 1. The normalized spacial score (nSPS) is 17.1. The van der Waals surface area contributed by atoms with Gasteiger partial charge in [0.05, 0.1) is 11.7 Å². The number of carbonyl (C=O) groups excluding carboxylic acids is 1. The highest BCUT2D eigenvalue weighted by Crippen LogP contribution is 2.32. The summed E-state index contributed by atoms with van der Waals surface area (Å²) in [6.07, 6.45) is 4.08. The molecule has 7 nitrogen and oxygen atoms in total. The van der Waals surface area contributed by atoms with Gasteiger partial charge in [-0.1, -0.05) is 24.8 Å². The number of anilines is 2. The Balaban J connectivity index is 1.85. The molecule has 0 bridgehead atoms. The highest BCUT2D eigenvalue weighted by Gasteiger charge is 2.30. The molecule has 3 rings (SSSR count). The summed E-state index contributed by atoms with van der Waals surface area (Å²) in [5.41, 5.74) is 0.845. The molecule has 126 valence electrons. The summed E-state index contributed by atoms with van der Waals surface area (Å²) in [5.74, 6) is 1.28. The zero-order chi connectivity index (χ0) is 17.1. The Morgan fingerprint density at radius 2 is 2.33 bits per heavy atom. The molecule has 1 atom stereocenters. The third kappa shape index (κ3) is 3.43. The van der Waals surface area contributed by atoms with Gasteiger partial charge in [-0.15, -0.1) is 10.2 Å². The monoisotopic (exact) mass is 344 g/mol. The molecule has 0 aromatic carbocycles. The third-order valence-corrected chi connectivity index (χ3v) is 4.90. The van der Waals surface area contributed by atoms with Crippen LogP contribution in [0.4, 0.5) is 10.9 Å². The van der Waals surface area contributed by atoms with E-state index in [1.807, 2.05) is 24.8 Å². The number of rotatable bonds is 5. The SMILES string of the molecule is C=CC(=O)N1CCC[C@@H]1c1cc(Nc2nnc(CC)s2)nc(C)n1. The minimum atomic E-state index is -0.0556. The molecule has 0 spiro atoms. The lowest BCUT2D eigenvalue weighted by atomic mass is 10.1. The van der Waals surface area contributed by atoms with Crippen molar-refractivity contribution in [1.29, 1.82) is 0 Å². The smallest absolute Gasteiger partial charge is 0.246 e. The zero-order valence-corrected chi connectivity index (χ0v) is 14.6. The lowest BCUT2D eigenvalue weighted by Gasteiger charge is -2.23. The average molecular weight is 344 g/mol. The predicted octanol–water partition coefficient (Wildman–Crippen LogP) is 2.79. The fraction of sp³-hybridized carbons (Fsp3) is 0.438. The maximum absolute atomic E-state index is 12.0. The summed E-state index contributed by atoms with van der Waals surface area (Å²) < 4.78 is 0. The summed E-state index contributed by atoms with van der Waals surface area (Å²) in [7, 11) is 0. The van der Waals surface area contributed by atoms with Gasteiger partial charge in [0.15, 0.2) is 0 Å². The van der Waals surface area contributed by atoms with Crippen LogP contribution >= 0.6 is 11.3 Å². The number of likely N-dealkylation sites (tertiary alicyclic amines) is 1. The van der Waals surface area contributed by atoms with Gasteiger partial charge < -0.3 is 10.2 Å². The molecule has 24 heavy (non-hydrogen) atoms. The van der Waals surface area contributed by atoms with Gasteiger partial charge >= 0.3 is 0 Å². The predicted molar refractivity (Wildman–Crippen MR) is 93.2 cm³/mol. The number of nitrogens with zero attached hydrogens (tertiary/aromatic N) is 5. The average Bonchev–Trinajstić information content (AvgIpc) is 3.22. The van der Waals surface area contributed by atoms with E-state index in [0.29, 0.717) is 16.8 Å². The molecule has 2 aromatic heterocycles. The second-order valence-electron chi connectivity index (χ2n) is 5.60. The molecule has 0 radical (unpaired) electrons. The van der Waals surface area contributed by atoms with E-state index in [1.54, 1.807) is 0 Å². The van der Waals surface area contributed by atoms with Crippen LogP contribution in [0.3, 0.4) is 0 Å².